The summed E-state index contributed by atoms with van der Waals surface area (Å²) >= 11 is 0. The first-order chi connectivity index (χ1) is 7.60. The molecule has 2 rings (SSSR count). The standard InChI is InChI=1S/C11H13FNO2S/c12-10-4-6-11(7-5-10)16(14,15)13-8-2-1-3-9-13/h2,4-7H,1,3,8-9H2. The van der Waals surface area contributed by atoms with Crippen LogP contribution in [0.5, 0.6) is 0 Å². The van der Waals surface area contributed by atoms with Crippen molar-refractivity contribution in [2.75, 3.05) is 13.1 Å². The lowest BCUT2D eigenvalue weighted by atomic mass is 10.2. The average molecular weight is 242 g/mol. The van der Waals surface area contributed by atoms with Gasteiger partial charge < -0.3 is 0 Å². The molecule has 1 heterocycles. The SMILES string of the molecule is O=S(=O)(c1ccc(F)cc1)N1C[CH]CCC1. The van der Waals surface area contributed by atoms with Gasteiger partial charge in [0.05, 0.1) is 4.90 Å². The molecule has 1 aliphatic heterocycles. The number of sulfonamides is 1. The van der Waals surface area contributed by atoms with Crippen molar-refractivity contribution < 1.29 is 12.8 Å². The van der Waals surface area contributed by atoms with Crippen LogP contribution in [-0.2, 0) is 10.0 Å². The highest BCUT2D eigenvalue weighted by molar-refractivity contribution is 7.89. The zero-order valence-corrected chi connectivity index (χ0v) is 9.58. The lowest BCUT2D eigenvalue weighted by molar-refractivity contribution is 0.391. The van der Waals surface area contributed by atoms with E-state index < -0.39 is 15.8 Å². The van der Waals surface area contributed by atoms with Gasteiger partial charge in [-0.3, -0.25) is 0 Å². The summed E-state index contributed by atoms with van der Waals surface area (Å²) in [6, 6.07) is 4.94. The van der Waals surface area contributed by atoms with E-state index in [2.05, 4.69) is 0 Å². The molecule has 1 aromatic carbocycles. The second-order valence-electron chi connectivity index (χ2n) is 3.75. The minimum Gasteiger partial charge on any atom is -0.207 e. The molecule has 16 heavy (non-hydrogen) atoms. The van der Waals surface area contributed by atoms with Gasteiger partial charge >= 0.3 is 0 Å². The zero-order valence-electron chi connectivity index (χ0n) is 8.77. The van der Waals surface area contributed by atoms with E-state index in [9.17, 15) is 12.8 Å². The van der Waals surface area contributed by atoms with Crippen molar-refractivity contribution in [2.24, 2.45) is 0 Å². The highest BCUT2D eigenvalue weighted by atomic mass is 32.2. The Morgan fingerprint density at radius 2 is 1.88 bits per heavy atom. The molecular formula is C11H13FNO2S. The number of hydrogen-bond acceptors (Lipinski definition) is 2. The Morgan fingerprint density at radius 1 is 1.19 bits per heavy atom. The lowest BCUT2D eigenvalue weighted by Crippen LogP contribution is -2.35. The Kier molecular flexibility index (Phi) is 3.25. The Hall–Kier alpha value is -0.940. The quantitative estimate of drug-likeness (QED) is 0.793. The van der Waals surface area contributed by atoms with Crippen molar-refractivity contribution >= 4 is 10.0 Å². The first-order valence-corrected chi connectivity index (χ1v) is 6.62. The molecule has 1 radical (unpaired) electrons. The molecule has 1 aromatic rings. The molecule has 87 valence electrons. The third-order valence-corrected chi connectivity index (χ3v) is 4.48. The molecule has 0 saturated carbocycles. The van der Waals surface area contributed by atoms with Crippen molar-refractivity contribution in [3.63, 3.8) is 0 Å². The Bertz CT molecular complexity index is 449. The number of hydrogen-bond donors (Lipinski definition) is 0. The van der Waals surface area contributed by atoms with E-state index >= 15 is 0 Å². The van der Waals surface area contributed by atoms with Crippen molar-refractivity contribution in [3.05, 3.63) is 36.5 Å². The van der Waals surface area contributed by atoms with Crippen molar-refractivity contribution in [1.82, 2.24) is 4.31 Å². The van der Waals surface area contributed by atoms with Crippen molar-refractivity contribution in [2.45, 2.75) is 17.7 Å². The first kappa shape index (κ1) is 11.5. The molecule has 0 N–H and O–H groups in total. The molecule has 0 bridgehead atoms. The maximum Gasteiger partial charge on any atom is 0.243 e. The Labute approximate surface area is 94.9 Å². The molecule has 1 fully saturated rings. The Morgan fingerprint density at radius 3 is 2.44 bits per heavy atom. The lowest BCUT2D eigenvalue weighted by Gasteiger charge is -2.25. The monoisotopic (exact) mass is 242 g/mol. The van der Waals surface area contributed by atoms with E-state index in [0.29, 0.717) is 13.1 Å². The number of piperidine rings is 1. The van der Waals surface area contributed by atoms with Crippen LogP contribution in [0.1, 0.15) is 12.8 Å². The van der Waals surface area contributed by atoms with Gasteiger partial charge in [0.25, 0.3) is 0 Å². The van der Waals surface area contributed by atoms with Crippen LogP contribution in [0, 0.1) is 12.2 Å². The second-order valence-corrected chi connectivity index (χ2v) is 5.69. The third-order valence-electron chi connectivity index (χ3n) is 2.60. The summed E-state index contributed by atoms with van der Waals surface area (Å²) in [5.41, 5.74) is 0. The van der Waals surface area contributed by atoms with E-state index in [4.69, 9.17) is 0 Å². The van der Waals surface area contributed by atoms with Crippen molar-refractivity contribution in [3.8, 4) is 0 Å². The van der Waals surface area contributed by atoms with Crippen LogP contribution in [0.3, 0.4) is 0 Å². The number of halogens is 1. The maximum atomic E-state index is 12.7. The molecule has 0 unspecified atom stereocenters. The molecule has 1 aliphatic rings. The van der Waals surface area contributed by atoms with E-state index in [0.717, 1.165) is 12.8 Å². The third kappa shape index (κ3) is 2.25. The predicted octanol–water partition coefficient (Wildman–Crippen LogP) is 1.81. The van der Waals surface area contributed by atoms with Crippen LogP contribution in [0.4, 0.5) is 4.39 Å². The number of benzene rings is 1. The molecular weight excluding hydrogens is 229 g/mol. The Balaban J connectivity index is 2.27. The summed E-state index contributed by atoms with van der Waals surface area (Å²) in [6.45, 7) is 0.982. The van der Waals surface area contributed by atoms with Gasteiger partial charge in [-0.25, -0.2) is 12.8 Å². The molecule has 5 heteroatoms. The summed E-state index contributed by atoms with van der Waals surface area (Å²) < 4.78 is 38.3. The van der Waals surface area contributed by atoms with Gasteiger partial charge in [-0.05, 0) is 43.5 Å². The highest BCUT2D eigenvalue weighted by Crippen LogP contribution is 2.20. The van der Waals surface area contributed by atoms with Gasteiger partial charge in [-0.2, -0.15) is 4.31 Å². The van der Waals surface area contributed by atoms with Gasteiger partial charge in [-0.1, -0.05) is 0 Å². The van der Waals surface area contributed by atoms with Crippen LogP contribution in [0.25, 0.3) is 0 Å². The van der Waals surface area contributed by atoms with E-state index in [1.807, 2.05) is 6.42 Å². The molecule has 0 amide bonds. The van der Waals surface area contributed by atoms with Gasteiger partial charge in [0.1, 0.15) is 5.82 Å². The summed E-state index contributed by atoms with van der Waals surface area (Å²) in [4.78, 5) is 0.157. The molecule has 1 saturated heterocycles. The minimum atomic E-state index is -3.44. The van der Waals surface area contributed by atoms with Crippen molar-refractivity contribution in [1.29, 1.82) is 0 Å². The molecule has 0 aliphatic carbocycles. The minimum absolute atomic E-state index is 0.157. The second kappa shape index (κ2) is 4.51. The van der Waals surface area contributed by atoms with Gasteiger partial charge in [0.2, 0.25) is 10.0 Å². The van der Waals surface area contributed by atoms with Gasteiger partial charge in [0.15, 0.2) is 0 Å². The van der Waals surface area contributed by atoms with E-state index in [-0.39, 0.29) is 4.90 Å². The van der Waals surface area contributed by atoms with Crippen LogP contribution >= 0.6 is 0 Å². The molecule has 0 atom stereocenters. The first-order valence-electron chi connectivity index (χ1n) is 5.18. The predicted molar refractivity (Wildman–Crippen MR) is 58.7 cm³/mol. The van der Waals surface area contributed by atoms with E-state index in [1.54, 1.807) is 0 Å². The van der Waals surface area contributed by atoms with Crippen LogP contribution in [-0.4, -0.2) is 25.8 Å². The summed E-state index contributed by atoms with van der Waals surface area (Å²) in [6.07, 6.45) is 3.75. The molecule has 0 spiro atoms. The maximum absolute atomic E-state index is 12.7. The normalized spacial score (nSPS) is 18.6. The summed E-state index contributed by atoms with van der Waals surface area (Å²) in [5, 5.41) is 0. The highest BCUT2D eigenvalue weighted by Gasteiger charge is 2.25. The molecule has 0 aromatic heterocycles. The number of rotatable bonds is 2. The van der Waals surface area contributed by atoms with Gasteiger partial charge in [0, 0.05) is 13.1 Å². The average Bonchev–Trinajstić information content (AvgIpc) is 2.31. The largest absolute Gasteiger partial charge is 0.243 e. The van der Waals surface area contributed by atoms with Crippen LogP contribution < -0.4 is 0 Å². The van der Waals surface area contributed by atoms with Crippen LogP contribution in [0.2, 0.25) is 0 Å². The summed E-state index contributed by atoms with van der Waals surface area (Å²) in [5.74, 6) is -0.427. The topological polar surface area (TPSA) is 37.4 Å². The summed E-state index contributed by atoms with van der Waals surface area (Å²) in [7, 11) is -3.44. The fraction of sp³-hybridized carbons (Fsp3) is 0.364. The smallest absolute Gasteiger partial charge is 0.207 e. The fourth-order valence-electron chi connectivity index (χ4n) is 1.71. The number of nitrogens with zero attached hydrogens (tertiary/aromatic N) is 1. The van der Waals surface area contributed by atoms with E-state index in [1.165, 1.54) is 28.6 Å². The van der Waals surface area contributed by atoms with Gasteiger partial charge in [-0.15, -0.1) is 0 Å². The van der Waals surface area contributed by atoms with Crippen LogP contribution in [0.15, 0.2) is 29.2 Å². The molecule has 3 nitrogen and oxygen atoms in total. The zero-order chi connectivity index (χ0) is 11.6. The fourth-order valence-corrected chi connectivity index (χ4v) is 3.16.